The monoisotopic (exact) mass is 332 g/mol. The Bertz CT molecular complexity index is 540. The number of carbonyl (C=O) groups is 1. The lowest BCUT2D eigenvalue weighted by Gasteiger charge is -2.33. The summed E-state index contributed by atoms with van der Waals surface area (Å²) in [5.74, 6) is 0.670. The van der Waals surface area contributed by atoms with Crippen molar-refractivity contribution in [3.8, 4) is 5.75 Å². The van der Waals surface area contributed by atoms with Crippen molar-refractivity contribution in [2.75, 3.05) is 19.8 Å². The average molecular weight is 332 g/mol. The molecule has 0 atom stereocenters. The molecule has 4 nitrogen and oxygen atoms in total. The van der Waals surface area contributed by atoms with Crippen LogP contribution in [0.1, 0.15) is 56.9 Å². The van der Waals surface area contributed by atoms with E-state index in [2.05, 4.69) is 0 Å². The van der Waals surface area contributed by atoms with Crippen LogP contribution in [0.25, 0.3) is 0 Å². The number of benzene rings is 1. The smallest absolute Gasteiger partial charge is 0.314 e. The van der Waals surface area contributed by atoms with E-state index < -0.39 is 11.4 Å². The average Bonchev–Trinajstić information content (AvgIpc) is 2.89. The Hall–Kier alpha value is -1.55. The molecule has 4 heteroatoms. The van der Waals surface area contributed by atoms with Gasteiger partial charge in [0, 0.05) is 13.2 Å². The van der Waals surface area contributed by atoms with Crippen molar-refractivity contribution in [1.29, 1.82) is 0 Å². The van der Waals surface area contributed by atoms with Crippen LogP contribution < -0.4 is 4.74 Å². The molecule has 1 heterocycles. The van der Waals surface area contributed by atoms with E-state index in [0.29, 0.717) is 32.0 Å². The van der Waals surface area contributed by atoms with Crippen LogP contribution >= 0.6 is 0 Å². The third kappa shape index (κ3) is 3.92. The van der Waals surface area contributed by atoms with Gasteiger partial charge in [-0.1, -0.05) is 37.8 Å². The van der Waals surface area contributed by atoms with E-state index in [9.17, 15) is 9.90 Å². The molecule has 3 rings (SSSR count). The van der Waals surface area contributed by atoms with Crippen LogP contribution in [0.5, 0.6) is 5.75 Å². The zero-order valence-corrected chi connectivity index (χ0v) is 14.3. The number of carboxylic acids is 1. The maximum absolute atomic E-state index is 11.9. The molecule has 1 saturated heterocycles. The van der Waals surface area contributed by atoms with Crippen molar-refractivity contribution in [2.24, 2.45) is 5.92 Å². The highest BCUT2D eigenvalue weighted by molar-refractivity contribution is 5.81. The van der Waals surface area contributed by atoms with Gasteiger partial charge in [0.2, 0.25) is 0 Å². The predicted octanol–water partition coefficient (Wildman–Crippen LogP) is 4.17. The van der Waals surface area contributed by atoms with E-state index in [1.807, 2.05) is 24.3 Å². The minimum Gasteiger partial charge on any atom is -0.493 e. The zero-order valence-electron chi connectivity index (χ0n) is 14.3. The van der Waals surface area contributed by atoms with Gasteiger partial charge in [0.05, 0.1) is 12.0 Å². The first-order valence-electron chi connectivity index (χ1n) is 9.25. The molecule has 2 fully saturated rings. The Morgan fingerprint density at radius 1 is 1.17 bits per heavy atom. The topological polar surface area (TPSA) is 55.8 Å². The highest BCUT2D eigenvalue weighted by Gasteiger charge is 2.42. The van der Waals surface area contributed by atoms with E-state index in [4.69, 9.17) is 9.47 Å². The lowest BCUT2D eigenvalue weighted by molar-refractivity contribution is -0.147. The highest BCUT2D eigenvalue weighted by Crippen LogP contribution is 2.36. The lowest BCUT2D eigenvalue weighted by atomic mass is 9.74. The highest BCUT2D eigenvalue weighted by atomic mass is 16.5. The number of carboxylic acid groups (broad SMARTS) is 1. The second-order valence-electron chi connectivity index (χ2n) is 7.20. The Kier molecular flexibility index (Phi) is 5.77. The van der Waals surface area contributed by atoms with Crippen molar-refractivity contribution in [3.63, 3.8) is 0 Å². The first-order valence-corrected chi connectivity index (χ1v) is 9.25. The molecule has 24 heavy (non-hydrogen) atoms. The van der Waals surface area contributed by atoms with Crippen molar-refractivity contribution in [2.45, 2.75) is 56.8 Å². The molecular formula is C20H28O4. The van der Waals surface area contributed by atoms with Gasteiger partial charge in [-0.25, -0.2) is 0 Å². The second kappa shape index (κ2) is 8.02. The molecule has 2 aliphatic rings. The number of hydrogen-bond acceptors (Lipinski definition) is 3. The maximum Gasteiger partial charge on any atom is 0.314 e. The van der Waals surface area contributed by atoms with Crippen LogP contribution in [0.15, 0.2) is 24.3 Å². The third-order valence-electron chi connectivity index (χ3n) is 5.60. The first kappa shape index (κ1) is 17.3. The summed E-state index contributed by atoms with van der Waals surface area (Å²) < 4.78 is 11.4. The summed E-state index contributed by atoms with van der Waals surface area (Å²) in [6.07, 6.45) is 8.83. The molecule has 1 aliphatic carbocycles. The van der Waals surface area contributed by atoms with Crippen LogP contribution in [-0.2, 0) is 14.9 Å². The molecule has 0 radical (unpaired) electrons. The van der Waals surface area contributed by atoms with Crippen LogP contribution in [0.4, 0.5) is 0 Å². The van der Waals surface area contributed by atoms with Crippen molar-refractivity contribution in [3.05, 3.63) is 29.8 Å². The largest absolute Gasteiger partial charge is 0.493 e. The summed E-state index contributed by atoms with van der Waals surface area (Å²) in [4.78, 5) is 11.9. The maximum atomic E-state index is 11.9. The van der Waals surface area contributed by atoms with Crippen LogP contribution in [0.2, 0.25) is 0 Å². The van der Waals surface area contributed by atoms with Crippen LogP contribution in [0, 0.1) is 5.92 Å². The van der Waals surface area contributed by atoms with Gasteiger partial charge in [0.25, 0.3) is 0 Å². The Morgan fingerprint density at radius 2 is 1.88 bits per heavy atom. The summed E-state index contributed by atoms with van der Waals surface area (Å²) >= 11 is 0. The molecule has 0 aromatic heterocycles. The molecule has 1 aliphatic heterocycles. The summed E-state index contributed by atoms with van der Waals surface area (Å²) in [6, 6.07) is 7.70. The molecule has 0 bridgehead atoms. The van der Waals surface area contributed by atoms with Gasteiger partial charge in [0.15, 0.2) is 0 Å². The minimum atomic E-state index is -0.833. The number of ether oxygens (including phenoxy) is 2. The standard InChI is InChI=1S/C20H28O4/c21-19(22)20(10-12-23-13-11-20)17-8-5-9-18(14-17)24-15-16-6-3-1-2-4-7-16/h5,8-9,14,16H,1-4,6-7,10-13,15H2,(H,21,22). The van der Waals surface area contributed by atoms with Gasteiger partial charge in [-0.2, -0.15) is 0 Å². The lowest BCUT2D eigenvalue weighted by Crippen LogP contribution is -2.41. The van der Waals surface area contributed by atoms with Gasteiger partial charge in [0.1, 0.15) is 5.75 Å². The molecule has 0 amide bonds. The van der Waals surface area contributed by atoms with E-state index in [1.165, 1.54) is 38.5 Å². The van der Waals surface area contributed by atoms with Crippen LogP contribution in [0.3, 0.4) is 0 Å². The SMILES string of the molecule is O=C(O)C1(c2cccc(OCC3CCCCCC3)c2)CCOCC1. The fraction of sp³-hybridized carbons (Fsp3) is 0.650. The first-order chi connectivity index (χ1) is 11.7. The molecule has 1 aromatic carbocycles. The van der Waals surface area contributed by atoms with E-state index in [0.717, 1.165) is 17.9 Å². The van der Waals surface area contributed by atoms with E-state index in [1.54, 1.807) is 0 Å². The Labute approximate surface area is 144 Å². The van der Waals surface area contributed by atoms with Crippen LogP contribution in [-0.4, -0.2) is 30.9 Å². The summed E-state index contributed by atoms with van der Waals surface area (Å²) in [6.45, 7) is 1.74. The number of hydrogen-bond donors (Lipinski definition) is 1. The minimum absolute atomic E-state index is 0.499. The number of aliphatic carboxylic acids is 1. The molecule has 132 valence electrons. The molecular weight excluding hydrogens is 304 g/mol. The molecule has 1 N–H and O–H groups in total. The van der Waals surface area contributed by atoms with Crippen molar-refractivity contribution >= 4 is 5.97 Å². The fourth-order valence-corrected chi connectivity index (χ4v) is 3.97. The van der Waals surface area contributed by atoms with Crippen molar-refractivity contribution < 1.29 is 19.4 Å². The third-order valence-corrected chi connectivity index (χ3v) is 5.60. The fourth-order valence-electron chi connectivity index (χ4n) is 3.97. The van der Waals surface area contributed by atoms with Gasteiger partial charge in [-0.15, -0.1) is 0 Å². The van der Waals surface area contributed by atoms with E-state index >= 15 is 0 Å². The molecule has 1 saturated carbocycles. The van der Waals surface area contributed by atoms with Crippen molar-refractivity contribution in [1.82, 2.24) is 0 Å². The van der Waals surface area contributed by atoms with Gasteiger partial charge >= 0.3 is 5.97 Å². The second-order valence-corrected chi connectivity index (χ2v) is 7.20. The summed E-state index contributed by atoms with van der Waals surface area (Å²) in [5, 5.41) is 9.80. The van der Waals surface area contributed by atoms with E-state index in [-0.39, 0.29) is 0 Å². The van der Waals surface area contributed by atoms with Gasteiger partial charge < -0.3 is 14.6 Å². The Balaban J connectivity index is 1.69. The molecule has 1 aromatic rings. The van der Waals surface area contributed by atoms with Gasteiger partial charge in [-0.3, -0.25) is 4.79 Å². The predicted molar refractivity (Wildman–Crippen MR) is 92.5 cm³/mol. The van der Waals surface area contributed by atoms with Gasteiger partial charge in [-0.05, 0) is 49.3 Å². The molecule has 0 unspecified atom stereocenters. The summed E-state index contributed by atoms with van der Waals surface area (Å²) in [5.41, 5.74) is 0.0107. The quantitative estimate of drug-likeness (QED) is 0.822. The summed E-state index contributed by atoms with van der Waals surface area (Å²) in [7, 11) is 0. The molecule has 0 spiro atoms. The zero-order chi connectivity index (χ0) is 16.8. The number of rotatable bonds is 5. The normalized spacial score (nSPS) is 21.8. The Morgan fingerprint density at radius 3 is 2.54 bits per heavy atom.